The van der Waals surface area contributed by atoms with Crippen LogP contribution in [0.2, 0.25) is 0 Å². The monoisotopic (exact) mass is 728 g/mol. The van der Waals surface area contributed by atoms with Crippen molar-refractivity contribution in [2.24, 2.45) is 7.05 Å². The smallest absolute Gasteiger partial charge is 0.347 e. The summed E-state index contributed by atoms with van der Waals surface area (Å²) in [5, 5.41) is 10.5. The lowest BCUT2D eigenvalue weighted by Crippen LogP contribution is -2.59. The predicted molar refractivity (Wildman–Crippen MR) is 141 cm³/mol. The summed E-state index contributed by atoms with van der Waals surface area (Å²) in [5.74, 6) is -2.57. The van der Waals surface area contributed by atoms with Crippen molar-refractivity contribution in [2.45, 2.75) is 34.7 Å². The number of phenols is 1. The number of carbonyl (C=O) groups is 2. The number of nitrogens with zero attached hydrogens (tertiary/aromatic N) is 4. The average molecular weight is 732 g/mol. The number of aromatic hydroxyl groups is 1. The largest absolute Gasteiger partial charge is 0.503 e. The van der Waals surface area contributed by atoms with Gasteiger partial charge in [-0.25, -0.2) is 23.5 Å². The summed E-state index contributed by atoms with van der Waals surface area (Å²) in [6.07, 6.45) is 1.52. The van der Waals surface area contributed by atoms with Gasteiger partial charge < -0.3 is 9.84 Å². The van der Waals surface area contributed by atoms with Gasteiger partial charge >= 0.3 is 11.4 Å². The highest BCUT2D eigenvalue weighted by Gasteiger charge is 2.75. The number of carbonyl (C=O) groups excluding carboxylic acids is 2. The first-order valence-corrected chi connectivity index (χ1v) is 14.0. The SMILES string of the molecule is COc1cc([C@H]2C3=CCn4c(=O)n(C)c(=O)n4[C@@H]3C[C@@]3(Cl)C(=O)N(CBr)C(=O)[C@@]23Cl)c(Br)c(Br)c1O. The third kappa shape index (κ3) is 3.00. The van der Waals surface area contributed by atoms with E-state index >= 15 is 0 Å². The van der Waals surface area contributed by atoms with Gasteiger partial charge in [0.25, 0.3) is 11.8 Å². The lowest BCUT2D eigenvalue weighted by Gasteiger charge is -2.49. The van der Waals surface area contributed by atoms with Gasteiger partial charge in [-0.3, -0.25) is 14.5 Å². The second-order valence-corrected chi connectivity index (χ2v) is 12.1. The zero-order valence-electron chi connectivity index (χ0n) is 18.6. The summed E-state index contributed by atoms with van der Waals surface area (Å²) in [6, 6.07) is 0.649. The number of allylic oxidation sites excluding steroid dienone is 2. The number of phenolic OH excluding ortho intramolecular Hbond substituents is 1. The van der Waals surface area contributed by atoms with Crippen molar-refractivity contribution in [3.63, 3.8) is 0 Å². The van der Waals surface area contributed by atoms with Crippen molar-refractivity contribution in [1.82, 2.24) is 18.8 Å². The highest BCUT2D eigenvalue weighted by molar-refractivity contribution is 9.13. The van der Waals surface area contributed by atoms with Gasteiger partial charge in [0, 0.05) is 23.9 Å². The number of ether oxygens (including phenoxy) is 1. The van der Waals surface area contributed by atoms with E-state index in [1.165, 1.54) is 29.6 Å². The van der Waals surface area contributed by atoms with Crippen molar-refractivity contribution in [3.8, 4) is 11.5 Å². The molecule has 192 valence electrons. The minimum Gasteiger partial charge on any atom is -0.503 e. The number of methoxy groups -OCH3 is 1. The number of alkyl halides is 3. The molecule has 3 aliphatic rings. The molecule has 36 heavy (non-hydrogen) atoms. The number of fused-ring (bicyclic) bond motifs is 4. The lowest BCUT2D eigenvalue weighted by molar-refractivity contribution is -0.138. The number of halogens is 5. The van der Waals surface area contributed by atoms with Crippen LogP contribution in [-0.2, 0) is 23.2 Å². The molecule has 4 atom stereocenters. The molecule has 0 spiro atoms. The Morgan fingerprint density at radius 3 is 2.42 bits per heavy atom. The van der Waals surface area contributed by atoms with Gasteiger partial charge in [0.2, 0.25) is 0 Å². The first-order valence-electron chi connectivity index (χ1n) is 10.5. The Kier molecular flexibility index (Phi) is 6.15. The van der Waals surface area contributed by atoms with Gasteiger partial charge in [-0.05, 0) is 49.1 Å². The molecule has 0 unspecified atom stereocenters. The third-order valence-corrected chi connectivity index (χ3v) is 11.3. The molecule has 0 radical (unpaired) electrons. The second kappa shape index (κ2) is 8.48. The van der Waals surface area contributed by atoms with E-state index in [1.807, 2.05) is 0 Å². The van der Waals surface area contributed by atoms with E-state index in [2.05, 4.69) is 47.8 Å². The summed E-state index contributed by atoms with van der Waals surface area (Å²) in [5.41, 5.74) is -0.320. The molecule has 2 amide bonds. The standard InChI is InChI=1S/C21H17Br3Cl2N4O6/c1-27-18(34)29-4-3-8-10(30(29)19(27)35)6-20(25)16(32)28(7-22)17(33)21(20,26)12(8)9-5-11(36-2)15(31)14(24)13(9)23/h3,5,10,12,31H,4,6-7H2,1-2H3/t10-,12-,20-,21+/m1/s1. The first kappa shape index (κ1) is 26.1. The first-order chi connectivity index (χ1) is 16.9. The van der Waals surface area contributed by atoms with E-state index in [1.54, 1.807) is 6.08 Å². The fraction of sp³-hybridized carbons (Fsp3) is 0.429. The van der Waals surface area contributed by atoms with E-state index in [9.17, 15) is 24.3 Å². The van der Waals surface area contributed by atoms with Crippen LogP contribution in [-0.4, -0.2) is 58.1 Å². The number of imide groups is 1. The highest BCUT2D eigenvalue weighted by Crippen LogP contribution is 2.65. The Morgan fingerprint density at radius 1 is 1.14 bits per heavy atom. The molecule has 5 rings (SSSR count). The summed E-state index contributed by atoms with van der Waals surface area (Å²) in [7, 11) is 2.73. The normalized spacial score (nSPS) is 29.1. The number of hydrogen-bond acceptors (Lipinski definition) is 6. The van der Waals surface area contributed by atoms with Gasteiger partial charge in [-0.15, -0.1) is 23.2 Å². The summed E-state index contributed by atoms with van der Waals surface area (Å²) < 4.78 is 9.42. The Morgan fingerprint density at radius 2 is 1.81 bits per heavy atom. The van der Waals surface area contributed by atoms with Gasteiger partial charge in [-0.1, -0.05) is 22.0 Å². The molecule has 0 bridgehead atoms. The lowest BCUT2D eigenvalue weighted by atomic mass is 9.64. The predicted octanol–water partition coefficient (Wildman–Crippen LogP) is 2.93. The second-order valence-electron chi connectivity index (χ2n) is 8.72. The zero-order valence-corrected chi connectivity index (χ0v) is 24.9. The molecule has 3 heterocycles. The Hall–Kier alpha value is -1.54. The van der Waals surface area contributed by atoms with Crippen LogP contribution in [0.25, 0.3) is 0 Å². The molecule has 2 aliphatic heterocycles. The van der Waals surface area contributed by atoms with Crippen molar-refractivity contribution in [3.05, 3.63) is 53.2 Å². The quantitative estimate of drug-likeness (QED) is 0.225. The van der Waals surface area contributed by atoms with E-state index < -0.39 is 44.9 Å². The number of hydrogen-bond donors (Lipinski definition) is 1. The van der Waals surface area contributed by atoms with Crippen LogP contribution in [0, 0.1) is 0 Å². The Labute approximate surface area is 238 Å². The fourth-order valence-electron chi connectivity index (χ4n) is 5.45. The average Bonchev–Trinajstić information content (AvgIpc) is 3.16. The number of aromatic nitrogens is 3. The summed E-state index contributed by atoms with van der Waals surface area (Å²) in [4.78, 5) is 50.1. The topological polar surface area (TPSA) is 116 Å². The van der Waals surface area contributed by atoms with Crippen molar-refractivity contribution < 1.29 is 19.4 Å². The fourth-order valence-corrected chi connectivity index (χ4v) is 7.80. The molecule has 1 aromatic heterocycles. The number of benzene rings is 1. The van der Waals surface area contributed by atoms with Crippen molar-refractivity contribution >= 4 is 82.8 Å². The number of likely N-dealkylation sites (tertiary alicyclic amines) is 1. The Balaban J connectivity index is 1.87. The van der Waals surface area contributed by atoms with Crippen molar-refractivity contribution in [2.75, 3.05) is 12.6 Å². The highest BCUT2D eigenvalue weighted by atomic mass is 79.9. The minimum atomic E-state index is -1.99. The maximum absolute atomic E-state index is 13.8. The van der Waals surface area contributed by atoms with Crippen LogP contribution in [0.15, 0.2) is 36.3 Å². The van der Waals surface area contributed by atoms with Gasteiger partial charge in [0.1, 0.15) is 0 Å². The molecule has 1 aliphatic carbocycles. The third-order valence-electron chi connectivity index (χ3n) is 7.18. The maximum atomic E-state index is 13.8. The molecule has 2 aromatic rings. The van der Waals surface area contributed by atoms with Gasteiger partial charge in [0.15, 0.2) is 21.2 Å². The molecule has 1 saturated carbocycles. The van der Waals surface area contributed by atoms with Crippen LogP contribution < -0.4 is 16.1 Å². The van der Waals surface area contributed by atoms with E-state index in [-0.39, 0.29) is 34.4 Å². The van der Waals surface area contributed by atoms with Crippen molar-refractivity contribution in [1.29, 1.82) is 0 Å². The van der Waals surface area contributed by atoms with E-state index in [0.717, 1.165) is 9.47 Å². The van der Waals surface area contributed by atoms with Crippen LogP contribution in [0.5, 0.6) is 11.5 Å². The van der Waals surface area contributed by atoms with Crippen LogP contribution >= 0.6 is 71.0 Å². The molecule has 1 saturated heterocycles. The van der Waals surface area contributed by atoms with Crippen LogP contribution in [0.1, 0.15) is 23.9 Å². The maximum Gasteiger partial charge on any atom is 0.347 e. The van der Waals surface area contributed by atoms with Crippen LogP contribution in [0.4, 0.5) is 0 Å². The molecule has 2 fully saturated rings. The summed E-state index contributed by atoms with van der Waals surface area (Å²) >= 11 is 24.3. The van der Waals surface area contributed by atoms with E-state index in [0.29, 0.717) is 15.6 Å². The summed E-state index contributed by atoms with van der Waals surface area (Å²) in [6.45, 7) is 0.0395. The minimum absolute atomic E-state index is 0.0395. The number of rotatable bonds is 3. The van der Waals surface area contributed by atoms with E-state index in [4.69, 9.17) is 27.9 Å². The molecular weight excluding hydrogens is 715 g/mol. The number of amides is 2. The van der Waals surface area contributed by atoms with Gasteiger partial charge in [0.05, 0.1) is 29.6 Å². The molecular formula is C21H17Br3Cl2N4O6. The zero-order chi connectivity index (χ0) is 26.5. The molecule has 1 N–H and O–H groups in total. The Bertz CT molecular complexity index is 1520. The van der Waals surface area contributed by atoms with Crippen LogP contribution in [0.3, 0.4) is 0 Å². The molecule has 10 nitrogen and oxygen atoms in total. The molecule has 1 aromatic carbocycles. The van der Waals surface area contributed by atoms with Gasteiger partial charge in [-0.2, -0.15) is 0 Å². The molecule has 15 heteroatoms.